The summed E-state index contributed by atoms with van der Waals surface area (Å²) < 4.78 is 5.38. The van der Waals surface area contributed by atoms with Gasteiger partial charge in [0.25, 0.3) is 0 Å². The van der Waals surface area contributed by atoms with Crippen molar-refractivity contribution in [1.82, 2.24) is 0 Å². The van der Waals surface area contributed by atoms with E-state index in [9.17, 15) is 4.79 Å². The van der Waals surface area contributed by atoms with Gasteiger partial charge in [-0.1, -0.05) is 18.2 Å². The van der Waals surface area contributed by atoms with Crippen LogP contribution in [0.15, 0.2) is 38.0 Å². The van der Waals surface area contributed by atoms with Gasteiger partial charge in [-0.25, -0.2) is 0 Å². The predicted molar refractivity (Wildman–Crippen MR) is 65.9 cm³/mol. The molecule has 0 bridgehead atoms. The quantitative estimate of drug-likeness (QED) is 0.507. The molecule has 2 heteroatoms. The van der Waals surface area contributed by atoms with E-state index in [1.807, 2.05) is 6.08 Å². The molecular weight excluding hydrogens is 200 g/mol. The van der Waals surface area contributed by atoms with Crippen molar-refractivity contribution in [1.29, 1.82) is 0 Å². The molecule has 2 nitrogen and oxygen atoms in total. The first-order valence-corrected chi connectivity index (χ1v) is 5.76. The molecule has 16 heavy (non-hydrogen) atoms. The zero-order chi connectivity index (χ0) is 12.0. The third-order valence-electron chi connectivity index (χ3n) is 3.04. The van der Waals surface area contributed by atoms with E-state index in [-0.39, 0.29) is 18.0 Å². The van der Waals surface area contributed by atoms with E-state index < -0.39 is 0 Å². The van der Waals surface area contributed by atoms with Gasteiger partial charge in [0.2, 0.25) is 0 Å². The Morgan fingerprint density at radius 2 is 1.75 bits per heavy atom. The van der Waals surface area contributed by atoms with Gasteiger partial charge in [0.1, 0.15) is 6.10 Å². The second-order valence-electron chi connectivity index (χ2n) is 4.23. The van der Waals surface area contributed by atoms with Gasteiger partial charge in [0.05, 0.1) is 5.92 Å². The lowest BCUT2D eigenvalue weighted by molar-refractivity contribution is -0.164. The van der Waals surface area contributed by atoms with E-state index in [0.717, 1.165) is 19.3 Å². The molecule has 0 aromatic rings. The fourth-order valence-corrected chi connectivity index (χ4v) is 2.27. The van der Waals surface area contributed by atoms with Crippen LogP contribution in [0.25, 0.3) is 0 Å². The fraction of sp³-hybridized carbons (Fsp3) is 0.500. The summed E-state index contributed by atoms with van der Waals surface area (Å²) in [5.41, 5.74) is 0. The van der Waals surface area contributed by atoms with Crippen LogP contribution in [-0.2, 0) is 9.53 Å². The second-order valence-corrected chi connectivity index (χ2v) is 4.23. The Bertz CT molecular complexity index is 280. The van der Waals surface area contributed by atoms with Crippen LogP contribution in [0.5, 0.6) is 0 Å². The van der Waals surface area contributed by atoms with Gasteiger partial charge in [0, 0.05) is 6.42 Å². The molecule has 0 spiro atoms. The second kappa shape index (κ2) is 6.31. The highest BCUT2D eigenvalue weighted by Crippen LogP contribution is 2.33. The normalized spacial score (nSPS) is 29.2. The molecule has 88 valence electrons. The average molecular weight is 220 g/mol. The molecule has 1 rings (SSSR count). The topological polar surface area (TPSA) is 26.3 Å². The first-order chi connectivity index (χ1) is 7.72. The summed E-state index contributed by atoms with van der Waals surface area (Å²) in [6.45, 7) is 11.1. The lowest BCUT2D eigenvalue weighted by Crippen LogP contribution is -2.37. The summed E-state index contributed by atoms with van der Waals surface area (Å²) in [5, 5.41) is 0. The van der Waals surface area contributed by atoms with E-state index in [0.29, 0.717) is 12.3 Å². The molecule has 1 saturated heterocycles. The van der Waals surface area contributed by atoms with Crippen molar-refractivity contribution < 1.29 is 9.53 Å². The molecule has 0 radical (unpaired) electrons. The van der Waals surface area contributed by atoms with Gasteiger partial charge in [0.15, 0.2) is 0 Å². The van der Waals surface area contributed by atoms with Crippen LogP contribution in [0.2, 0.25) is 0 Å². The first kappa shape index (κ1) is 12.8. The van der Waals surface area contributed by atoms with Gasteiger partial charge < -0.3 is 4.74 Å². The van der Waals surface area contributed by atoms with Crippen molar-refractivity contribution in [2.24, 2.45) is 11.8 Å². The first-order valence-electron chi connectivity index (χ1n) is 5.76. The molecule has 1 aliphatic rings. The molecule has 0 aromatic carbocycles. The van der Waals surface area contributed by atoms with E-state index >= 15 is 0 Å². The zero-order valence-corrected chi connectivity index (χ0v) is 9.73. The molecule has 1 aliphatic heterocycles. The maximum Gasteiger partial charge on any atom is 0.309 e. The number of ether oxygens (including phenoxy) is 1. The average Bonchev–Trinajstić information content (AvgIpc) is 2.24. The Kier molecular flexibility index (Phi) is 5.03. The number of cyclic esters (lactones) is 1. The van der Waals surface area contributed by atoms with E-state index in [4.69, 9.17) is 4.74 Å². The number of esters is 1. The summed E-state index contributed by atoms with van der Waals surface area (Å²) >= 11 is 0. The lowest BCUT2D eigenvalue weighted by atomic mass is 9.80. The summed E-state index contributed by atoms with van der Waals surface area (Å²) in [5.74, 6) is 0.197. The van der Waals surface area contributed by atoms with Crippen molar-refractivity contribution in [3.05, 3.63) is 38.0 Å². The van der Waals surface area contributed by atoms with Crippen molar-refractivity contribution >= 4 is 5.97 Å². The third kappa shape index (κ3) is 3.09. The molecule has 3 atom stereocenters. The van der Waals surface area contributed by atoms with Crippen LogP contribution in [0.4, 0.5) is 0 Å². The van der Waals surface area contributed by atoms with E-state index in [1.165, 1.54) is 0 Å². The van der Waals surface area contributed by atoms with Gasteiger partial charge in [-0.05, 0) is 25.2 Å². The highest BCUT2D eigenvalue weighted by atomic mass is 16.5. The number of rotatable bonds is 6. The van der Waals surface area contributed by atoms with Crippen LogP contribution in [0, 0.1) is 11.8 Å². The Hall–Kier alpha value is -1.31. The van der Waals surface area contributed by atoms with Crippen molar-refractivity contribution in [2.45, 2.75) is 31.8 Å². The molecule has 3 unspecified atom stereocenters. The summed E-state index contributed by atoms with van der Waals surface area (Å²) in [4.78, 5) is 11.8. The Balaban J connectivity index is 2.70. The van der Waals surface area contributed by atoms with Crippen molar-refractivity contribution in [3.8, 4) is 0 Å². The maximum absolute atomic E-state index is 11.8. The zero-order valence-electron chi connectivity index (χ0n) is 9.73. The summed E-state index contributed by atoms with van der Waals surface area (Å²) in [6.07, 6.45) is 8.66. The fourth-order valence-electron chi connectivity index (χ4n) is 2.27. The van der Waals surface area contributed by atoms with Crippen LogP contribution in [0.1, 0.15) is 25.7 Å². The van der Waals surface area contributed by atoms with Gasteiger partial charge in [-0.3, -0.25) is 4.79 Å². The van der Waals surface area contributed by atoms with Gasteiger partial charge in [-0.2, -0.15) is 0 Å². The summed E-state index contributed by atoms with van der Waals surface area (Å²) in [7, 11) is 0. The Labute approximate surface area is 97.7 Å². The monoisotopic (exact) mass is 220 g/mol. The van der Waals surface area contributed by atoms with Crippen LogP contribution in [-0.4, -0.2) is 12.1 Å². The Morgan fingerprint density at radius 3 is 2.31 bits per heavy atom. The molecule has 0 aliphatic carbocycles. The predicted octanol–water partition coefficient (Wildman–Crippen LogP) is 3.26. The minimum absolute atomic E-state index is 0.00369. The highest BCUT2D eigenvalue weighted by Gasteiger charge is 2.36. The van der Waals surface area contributed by atoms with Gasteiger partial charge in [-0.15, -0.1) is 19.7 Å². The lowest BCUT2D eigenvalue weighted by Gasteiger charge is -2.34. The van der Waals surface area contributed by atoms with E-state index in [1.54, 1.807) is 12.2 Å². The number of hydrogen-bond donors (Lipinski definition) is 0. The van der Waals surface area contributed by atoms with Crippen LogP contribution < -0.4 is 0 Å². The van der Waals surface area contributed by atoms with Gasteiger partial charge >= 0.3 is 5.97 Å². The van der Waals surface area contributed by atoms with Crippen molar-refractivity contribution in [3.63, 3.8) is 0 Å². The van der Waals surface area contributed by atoms with Crippen LogP contribution in [0.3, 0.4) is 0 Å². The molecule has 0 saturated carbocycles. The standard InChI is InChI=1S/C14H20O2/c1-4-7-11-10-12(8-5-2)16-14(15)13(11)9-6-3/h4-6,11-13H,1-3,7-10H2. The molecule has 0 N–H and O–H groups in total. The molecule has 0 aromatic heterocycles. The maximum atomic E-state index is 11.8. The molecule has 1 fully saturated rings. The highest BCUT2D eigenvalue weighted by molar-refractivity contribution is 5.74. The third-order valence-corrected chi connectivity index (χ3v) is 3.04. The molecule has 0 amide bonds. The number of hydrogen-bond acceptors (Lipinski definition) is 2. The van der Waals surface area contributed by atoms with E-state index in [2.05, 4.69) is 19.7 Å². The SMILES string of the molecule is C=CCC1CC(CC=C)C(CC=C)C(=O)O1. The number of carbonyl (C=O) groups is 1. The minimum atomic E-state index is -0.0927. The smallest absolute Gasteiger partial charge is 0.309 e. The Morgan fingerprint density at radius 1 is 1.12 bits per heavy atom. The molecular formula is C14H20O2. The number of allylic oxidation sites excluding steroid dienone is 2. The van der Waals surface area contributed by atoms with Crippen molar-refractivity contribution in [2.75, 3.05) is 0 Å². The minimum Gasteiger partial charge on any atom is -0.462 e. The molecule has 1 heterocycles. The number of carbonyl (C=O) groups excluding carboxylic acids is 1. The largest absolute Gasteiger partial charge is 0.462 e. The summed E-state index contributed by atoms with van der Waals surface area (Å²) in [6, 6.07) is 0. The van der Waals surface area contributed by atoms with Crippen LogP contribution >= 0.6 is 0 Å².